The Bertz CT molecular complexity index is 525. The van der Waals surface area contributed by atoms with E-state index >= 15 is 0 Å². The van der Waals surface area contributed by atoms with Crippen molar-refractivity contribution in [2.75, 3.05) is 7.11 Å². The average molecular weight is 275 g/mol. The van der Waals surface area contributed by atoms with E-state index in [0.29, 0.717) is 12.2 Å². The van der Waals surface area contributed by atoms with E-state index in [0.717, 1.165) is 25.1 Å². The minimum absolute atomic E-state index is 0.577. The lowest BCUT2D eigenvalue weighted by Crippen LogP contribution is -2.11. The summed E-state index contributed by atoms with van der Waals surface area (Å²) >= 11 is 0. The van der Waals surface area contributed by atoms with Gasteiger partial charge in [0.05, 0.1) is 19.4 Å². The molecule has 0 saturated carbocycles. The quantitative estimate of drug-likeness (QED) is 0.842. The Morgan fingerprint density at radius 1 is 1.35 bits per heavy atom. The van der Waals surface area contributed by atoms with Crippen molar-refractivity contribution in [2.24, 2.45) is 0 Å². The fourth-order valence-corrected chi connectivity index (χ4v) is 2.25. The zero-order valence-corrected chi connectivity index (χ0v) is 12.0. The van der Waals surface area contributed by atoms with Crippen LogP contribution < -0.4 is 4.74 Å². The van der Waals surface area contributed by atoms with Gasteiger partial charge in [0.1, 0.15) is 5.69 Å². The minimum Gasteiger partial charge on any atom is -0.493 e. The molecule has 0 saturated heterocycles. The summed E-state index contributed by atoms with van der Waals surface area (Å²) in [6, 6.07) is 3.93. The number of pyridine rings is 1. The van der Waals surface area contributed by atoms with Crippen molar-refractivity contribution in [3.05, 3.63) is 42.0 Å². The number of rotatable bonds is 7. The van der Waals surface area contributed by atoms with Crippen molar-refractivity contribution in [3.63, 3.8) is 0 Å². The van der Waals surface area contributed by atoms with E-state index in [4.69, 9.17) is 4.74 Å². The lowest BCUT2D eigenvalue weighted by molar-refractivity contribution is 0.152. The molecule has 20 heavy (non-hydrogen) atoms. The molecule has 2 aromatic rings. The van der Waals surface area contributed by atoms with Crippen molar-refractivity contribution >= 4 is 0 Å². The largest absolute Gasteiger partial charge is 0.493 e. The van der Waals surface area contributed by atoms with Crippen molar-refractivity contribution in [2.45, 2.75) is 38.8 Å². The fraction of sp³-hybridized carbons (Fsp3) is 0.467. The number of ether oxygens (including phenoxy) is 1. The van der Waals surface area contributed by atoms with Crippen molar-refractivity contribution in [1.29, 1.82) is 0 Å². The van der Waals surface area contributed by atoms with E-state index in [1.54, 1.807) is 25.7 Å². The summed E-state index contributed by atoms with van der Waals surface area (Å²) in [5, 5.41) is 14.7. The van der Waals surface area contributed by atoms with Crippen LogP contribution in [0.2, 0.25) is 0 Å². The highest BCUT2D eigenvalue weighted by molar-refractivity contribution is 5.27. The van der Waals surface area contributed by atoms with Gasteiger partial charge in [-0.15, -0.1) is 0 Å². The fourth-order valence-electron chi connectivity index (χ4n) is 2.25. The van der Waals surface area contributed by atoms with E-state index < -0.39 is 6.10 Å². The van der Waals surface area contributed by atoms with Crippen LogP contribution in [-0.4, -0.2) is 27.0 Å². The van der Waals surface area contributed by atoms with Gasteiger partial charge in [0, 0.05) is 18.9 Å². The second-order valence-corrected chi connectivity index (χ2v) is 4.73. The van der Waals surface area contributed by atoms with Crippen molar-refractivity contribution < 1.29 is 9.84 Å². The molecule has 0 aliphatic heterocycles. The molecule has 0 aliphatic carbocycles. The summed E-state index contributed by atoms with van der Waals surface area (Å²) < 4.78 is 7.12. The Morgan fingerprint density at radius 3 is 2.75 bits per heavy atom. The summed E-state index contributed by atoms with van der Waals surface area (Å²) in [4.78, 5) is 3.99. The molecule has 0 amide bonds. The zero-order valence-electron chi connectivity index (χ0n) is 12.0. The Kier molecular flexibility index (Phi) is 5.12. The molecule has 108 valence electrons. The maximum atomic E-state index is 10.4. The van der Waals surface area contributed by atoms with Crippen LogP contribution in [0.3, 0.4) is 0 Å². The predicted molar refractivity (Wildman–Crippen MR) is 76.6 cm³/mol. The Labute approximate surface area is 119 Å². The average Bonchev–Trinajstić information content (AvgIpc) is 2.89. The maximum Gasteiger partial charge on any atom is 0.162 e. The van der Waals surface area contributed by atoms with Crippen LogP contribution >= 0.6 is 0 Å². The lowest BCUT2D eigenvalue weighted by Gasteiger charge is -2.14. The first kappa shape index (κ1) is 14.5. The summed E-state index contributed by atoms with van der Waals surface area (Å²) in [5.74, 6) is 0.653. The number of hydrogen-bond acceptors (Lipinski definition) is 4. The molecule has 1 unspecified atom stereocenters. The topological polar surface area (TPSA) is 60.2 Å². The molecule has 0 spiro atoms. The van der Waals surface area contributed by atoms with Gasteiger partial charge >= 0.3 is 0 Å². The van der Waals surface area contributed by atoms with Gasteiger partial charge in [-0.3, -0.25) is 9.67 Å². The molecule has 0 aromatic carbocycles. The van der Waals surface area contributed by atoms with E-state index in [9.17, 15) is 5.11 Å². The highest BCUT2D eigenvalue weighted by Gasteiger charge is 2.19. The van der Waals surface area contributed by atoms with Gasteiger partial charge in [0.2, 0.25) is 0 Å². The highest BCUT2D eigenvalue weighted by Crippen LogP contribution is 2.28. The number of nitrogens with zero attached hydrogens (tertiary/aromatic N) is 3. The first-order chi connectivity index (χ1) is 9.76. The highest BCUT2D eigenvalue weighted by atomic mass is 16.5. The molecule has 1 atom stereocenters. The number of aliphatic hydroxyl groups is 1. The van der Waals surface area contributed by atoms with Gasteiger partial charge in [-0.25, -0.2) is 0 Å². The maximum absolute atomic E-state index is 10.4. The number of methoxy groups -OCH3 is 1. The SMILES string of the molecule is CCCn1ncc(OC)c1C(O)CCc1ccncc1. The van der Waals surface area contributed by atoms with E-state index in [1.807, 2.05) is 16.8 Å². The van der Waals surface area contributed by atoms with Gasteiger partial charge in [0.25, 0.3) is 0 Å². The Hall–Kier alpha value is -1.88. The summed E-state index contributed by atoms with van der Waals surface area (Å²) in [6.45, 7) is 2.87. The van der Waals surface area contributed by atoms with Crippen LogP contribution in [-0.2, 0) is 13.0 Å². The summed E-state index contributed by atoms with van der Waals surface area (Å²) in [7, 11) is 1.60. The zero-order chi connectivity index (χ0) is 14.4. The Balaban J connectivity index is 2.08. The number of aliphatic hydroxyl groups excluding tert-OH is 1. The number of hydrogen-bond donors (Lipinski definition) is 1. The summed E-state index contributed by atoms with van der Waals surface area (Å²) in [6.07, 6.45) is 7.02. The van der Waals surface area contributed by atoms with Gasteiger partial charge in [0.15, 0.2) is 5.75 Å². The lowest BCUT2D eigenvalue weighted by atomic mass is 10.1. The first-order valence-electron chi connectivity index (χ1n) is 6.93. The molecule has 2 heterocycles. The normalized spacial score (nSPS) is 12.3. The number of aryl methyl sites for hydroxylation is 2. The smallest absolute Gasteiger partial charge is 0.162 e. The van der Waals surface area contributed by atoms with Crippen LogP contribution in [0, 0.1) is 0 Å². The molecular formula is C15H21N3O2. The second kappa shape index (κ2) is 7.05. The van der Waals surface area contributed by atoms with E-state index in [-0.39, 0.29) is 0 Å². The molecule has 5 nitrogen and oxygen atoms in total. The van der Waals surface area contributed by atoms with Crippen LogP contribution in [0.1, 0.15) is 37.1 Å². The first-order valence-corrected chi connectivity index (χ1v) is 6.93. The molecule has 0 radical (unpaired) electrons. The van der Waals surface area contributed by atoms with Gasteiger partial charge < -0.3 is 9.84 Å². The third kappa shape index (κ3) is 3.36. The molecule has 2 rings (SSSR count). The molecule has 1 N–H and O–H groups in total. The predicted octanol–water partition coefficient (Wildman–Crippen LogP) is 2.36. The third-order valence-corrected chi connectivity index (χ3v) is 3.27. The molecule has 0 bridgehead atoms. The summed E-state index contributed by atoms with van der Waals surface area (Å²) in [5.41, 5.74) is 1.93. The monoisotopic (exact) mass is 275 g/mol. The second-order valence-electron chi connectivity index (χ2n) is 4.73. The van der Waals surface area contributed by atoms with Crippen molar-refractivity contribution in [3.8, 4) is 5.75 Å². The number of aromatic nitrogens is 3. The van der Waals surface area contributed by atoms with E-state index in [2.05, 4.69) is 17.0 Å². The van der Waals surface area contributed by atoms with Crippen molar-refractivity contribution in [1.82, 2.24) is 14.8 Å². The van der Waals surface area contributed by atoms with Gasteiger partial charge in [-0.05, 0) is 37.0 Å². The van der Waals surface area contributed by atoms with Crippen LogP contribution in [0.15, 0.2) is 30.7 Å². The van der Waals surface area contributed by atoms with Gasteiger partial charge in [-0.2, -0.15) is 5.10 Å². The molecule has 5 heteroatoms. The van der Waals surface area contributed by atoms with Crippen LogP contribution in [0.5, 0.6) is 5.75 Å². The minimum atomic E-state index is -0.577. The van der Waals surface area contributed by atoms with E-state index in [1.165, 1.54) is 5.56 Å². The molecular weight excluding hydrogens is 254 g/mol. The standard InChI is InChI=1S/C15H21N3O2/c1-3-10-18-15(14(20-2)11-17-18)13(19)5-4-12-6-8-16-9-7-12/h6-9,11,13,19H,3-5,10H2,1-2H3. The van der Waals surface area contributed by atoms with Crippen LogP contribution in [0.4, 0.5) is 0 Å². The molecule has 0 fully saturated rings. The third-order valence-electron chi connectivity index (χ3n) is 3.27. The molecule has 2 aromatic heterocycles. The van der Waals surface area contributed by atoms with Gasteiger partial charge in [-0.1, -0.05) is 6.92 Å². The molecule has 0 aliphatic rings. The Morgan fingerprint density at radius 2 is 2.10 bits per heavy atom. The van der Waals surface area contributed by atoms with Crippen LogP contribution in [0.25, 0.3) is 0 Å².